The van der Waals surface area contributed by atoms with E-state index in [-0.39, 0.29) is 0 Å². The Balaban J connectivity index is 0.990. The molecule has 0 saturated carbocycles. The van der Waals surface area contributed by atoms with Crippen LogP contribution in [-0.2, 0) is 0 Å². The van der Waals surface area contributed by atoms with Crippen LogP contribution in [0.3, 0.4) is 0 Å². The van der Waals surface area contributed by atoms with E-state index in [0.717, 1.165) is 17.1 Å². The average Bonchev–Trinajstić information content (AvgIpc) is 4.08. The predicted molar refractivity (Wildman–Crippen MR) is 299 cm³/mol. The Morgan fingerprint density at radius 1 is 0.257 bits per heavy atom. The zero-order valence-corrected chi connectivity index (χ0v) is 39.3. The molecule has 0 aliphatic heterocycles. The lowest BCUT2D eigenvalue weighted by atomic mass is 9.98. The lowest BCUT2D eigenvalue weighted by Crippen LogP contribution is -2.74. The third-order valence-corrected chi connectivity index (χ3v) is 19.6. The van der Waals surface area contributed by atoms with Crippen molar-refractivity contribution in [2.24, 2.45) is 0 Å². The number of aromatic nitrogens is 3. The topological polar surface area (TPSA) is 14.8 Å². The molecule has 14 aromatic rings. The highest BCUT2D eigenvalue weighted by molar-refractivity contribution is 7.19. The minimum absolute atomic E-state index is 1.13. The van der Waals surface area contributed by atoms with Crippen LogP contribution in [0.25, 0.3) is 93.6 Å². The molecule has 70 heavy (non-hydrogen) atoms. The van der Waals surface area contributed by atoms with Gasteiger partial charge < -0.3 is 13.7 Å². The summed E-state index contributed by atoms with van der Waals surface area (Å²) in [6.45, 7) is 0. The maximum absolute atomic E-state index is 2.72. The summed E-state index contributed by atoms with van der Waals surface area (Å²) in [5, 5.41) is 12.9. The monoisotopic (exact) mass is 907 g/mol. The van der Waals surface area contributed by atoms with Gasteiger partial charge in [0.1, 0.15) is 0 Å². The molecule has 0 radical (unpaired) electrons. The Kier molecular flexibility index (Phi) is 9.23. The van der Waals surface area contributed by atoms with Crippen molar-refractivity contribution in [3.8, 4) is 28.2 Å². The number of nitrogens with zero attached hydrogens (tertiary/aromatic N) is 3. The summed E-state index contributed by atoms with van der Waals surface area (Å²) in [5.41, 5.74) is 13.0. The standard InChI is InChI=1S/C66H45N3Si/c1-5-21-47(22-6-1)67-59-34-16-14-30-55(59)58-45-46(39-44-62(58)67)53-32-19-37-63-65(53)57-31-15-18-36-61(57)69(63)64-38-20-33-56-54-29-13-17-35-60(54)68(66(56)64)48-40-42-52(43-41-48)70(49-23-7-2-8-24-49,50-25-9-3-10-26-50)51-27-11-4-12-28-51/h1-45H. The number of fused-ring (bicyclic) bond motifs is 9. The van der Waals surface area contributed by atoms with E-state index in [0.29, 0.717) is 0 Å². The lowest BCUT2D eigenvalue weighted by molar-refractivity contribution is 1.13. The minimum atomic E-state index is -2.72. The first kappa shape index (κ1) is 40.1. The van der Waals surface area contributed by atoms with E-state index in [4.69, 9.17) is 0 Å². The van der Waals surface area contributed by atoms with Gasteiger partial charge in [-0.3, -0.25) is 0 Å². The van der Waals surface area contributed by atoms with Crippen LogP contribution in [0.2, 0.25) is 0 Å². The average molecular weight is 908 g/mol. The first-order valence-electron chi connectivity index (χ1n) is 24.2. The summed E-state index contributed by atoms with van der Waals surface area (Å²) >= 11 is 0. The van der Waals surface area contributed by atoms with Gasteiger partial charge in [-0.2, -0.15) is 0 Å². The Morgan fingerprint density at radius 3 is 1.33 bits per heavy atom. The fourth-order valence-electron chi connectivity index (χ4n) is 11.9. The SMILES string of the molecule is c1ccc(-n2c3ccccc3c3cc(-c4cccc5c4c4ccccc4n5-c4cccc5c6ccccc6n(-c6ccc([Si](c7ccccc7)(c7ccccc7)c7ccccc7)cc6)c45)ccc32)cc1. The van der Waals surface area contributed by atoms with Gasteiger partial charge in [0, 0.05) is 43.7 Å². The van der Waals surface area contributed by atoms with Crippen LogP contribution in [0.4, 0.5) is 0 Å². The molecule has 4 heteroatoms. The van der Waals surface area contributed by atoms with Gasteiger partial charge in [-0.25, -0.2) is 0 Å². The second kappa shape index (κ2) is 16.1. The molecule has 11 aromatic carbocycles. The van der Waals surface area contributed by atoms with Crippen LogP contribution in [0.15, 0.2) is 273 Å². The smallest absolute Gasteiger partial charge is 0.179 e. The fourth-order valence-corrected chi connectivity index (χ4v) is 16.6. The summed E-state index contributed by atoms with van der Waals surface area (Å²) in [7, 11) is -2.72. The Bertz CT molecular complexity index is 4170. The third kappa shape index (κ3) is 5.94. The minimum Gasteiger partial charge on any atom is -0.309 e. The van der Waals surface area contributed by atoms with Crippen LogP contribution < -0.4 is 20.7 Å². The highest BCUT2D eigenvalue weighted by Gasteiger charge is 2.41. The second-order valence-electron chi connectivity index (χ2n) is 18.4. The molecule has 0 aliphatic carbocycles. The largest absolute Gasteiger partial charge is 0.309 e. The first-order chi connectivity index (χ1) is 34.8. The van der Waals surface area contributed by atoms with Crippen LogP contribution in [-0.4, -0.2) is 21.8 Å². The van der Waals surface area contributed by atoms with Gasteiger partial charge in [-0.15, -0.1) is 0 Å². The van der Waals surface area contributed by atoms with Crippen LogP contribution in [0.5, 0.6) is 0 Å². The van der Waals surface area contributed by atoms with E-state index in [9.17, 15) is 0 Å². The quantitative estimate of drug-likeness (QED) is 0.107. The van der Waals surface area contributed by atoms with Crippen molar-refractivity contribution in [3.63, 3.8) is 0 Å². The van der Waals surface area contributed by atoms with E-state index in [2.05, 4.69) is 287 Å². The van der Waals surface area contributed by atoms with Crippen molar-refractivity contribution in [2.45, 2.75) is 0 Å². The van der Waals surface area contributed by atoms with Gasteiger partial charge in [0.25, 0.3) is 0 Å². The van der Waals surface area contributed by atoms with Crippen molar-refractivity contribution in [1.29, 1.82) is 0 Å². The summed E-state index contributed by atoms with van der Waals surface area (Å²) in [6, 6.07) is 101. The number of rotatable bonds is 8. The molecule has 328 valence electrons. The molecule has 0 amide bonds. The fraction of sp³-hybridized carbons (Fsp3) is 0. The lowest BCUT2D eigenvalue weighted by Gasteiger charge is -2.34. The Labute approximate surface area is 407 Å². The molecular weight excluding hydrogens is 863 g/mol. The van der Waals surface area contributed by atoms with Crippen LogP contribution in [0.1, 0.15) is 0 Å². The van der Waals surface area contributed by atoms with E-state index >= 15 is 0 Å². The van der Waals surface area contributed by atoms with Crippen molar-refractivity contribution in [2.75, 3.05) is 0 Å². The molecule has 0 bridgehead atoms. The second-order valence-corrected chi connectivity index (χ2v) is 22.2. The van der Waals surface area contributed by atoms with Gasteiger partial charge in [0.2, 0.25) is 0 Å². The zero-order valence-electron chi connectivity index (χ0n) is 38.3. The van der Waals surface area contributed by atoms with Gasteiger partial charge >= 0.3 is 0 Å². The molecular formula is C66H45N3Si. The number of hydrogen-bond acceptors (Lipinski definition) is 0. The van der Waals surface area contributed by atoms with Crippen LogP contribution in [0, 0.1) is 0 Å². The number of hydrogen-bond donors (Lipinski definition) is 0. The summed E-state index contributed by atoms with van der Waals surface area (Å²) in [5.74, 6) is 0. The van der Waals surface area contributed by atoms with Crippen molar-refractivity contribution in [3.05, 3.63) is 273 Å². The molecule has 14 rings (SSSR count). The maximum Gasteiger partial charge on any atom is 0.179 e. The predicted octanol–water partition coefficient (Wildman–Crippen LogP) is 14.0. The number of para-hydroxylation sites is 5. The van der Waals surface area contributed by atoms with Crippen molar-refractivity contribution >= 4 is 94.2 Å². The van der Waals surface area contributed by atoms with E-state index in [1.807, 2.05) is 0 Å². The van der Waals surface area contributed by atoms with Crippen molar-refractivity contribution in [1.82, 2.24) is 13.7 Å². The summed E-state index contributed by atoms with van der Waals surface area (Å²) in [4.78, 5) is 0. The Hall–Kier alpha value is -8.96. The highest BCUT2D eigenvalue weighted by Crippen LogP contribution is 2.43. The molecule has 3 nitrogen and oxygen atoms in total. The summed E-state index contributed by atoms with van der Waals surface area (Å²) < 4.78 is 7.40. The molecule has 0 atom stereocenters. The van der Waals surface area contributed by atoms with Crippen LogP contribution >= 0.6 is 0 Å². The van der Waals surface area contributed by atoms with Gasteiger partial charge in [0.05, 0.1) is 38.8 Å². The molecule has 0 saturated heterocycles. The molecule has 3 heterocycles. The van der Waals surface area contributed by atoms with E-state index in [1.165, 1.54) is 97.3 Å². The van der Waals surface area contributed by atoms with Gasteiger partial charge in [-0.05, 0) is 98.6 Å². The van der Waals surface area contributed by atoms with Gasteiger partial charge in [-0.1, -0.05) is 206 Å². The van der Waals surface area contributed by atoms with E-state index < -0.39 is 8.07 Å². The third-order valence-electron chi connectivity index (χ3n) is 14.8. The van der Waals surface area contributed by atoms with Crippen molar-refractivity contribution < 1.29 is 0 Å². The molecule has 0 unspecified atom stereocenters. The highest BCUT2D eigenvalue weighted by atomic mass is 28.3. The molecule has 0 N–H and O–H groups in total. The maximum atomic E-state index is 2.51. The first-order valence-corrected chi connectivity index (χ1v) is 26.2. The zero-order chi connectivity index (χ0) is 46.2. The van der Waals surface area contributed by atoms with Gasteiger partial charge in [0.15, 0.2) is 8.07 Å². The molecule has 0 aliphatic rings. The van der Waals surface area contributed by atoms with E-state index in [1.54, 1.807) is 0 Å². The number of benzene rings is 11. The molecule has 0 fully saturated rings. The summed E-state index contributed by atoms with van der Waals surface area (Å²) in [6.07, 6.45) is 0. The molecule has 3 aromatic heterocycles. The normalized spacial score (nSPS) is 12.0. The molecule has 0 spiro atoms. The Morgan fingerprint density at radius 2 is 0.700 bits per heavy atom.